The van der Waals surface area contributed by atoms with Crippen LogP contribution in [0.4, 0.5) is 5.13 Å². The van der Waals surface area contributed by atoms with Gasteiger partial charge >= 0.3 is 0 Å². The summed E-state index contributed by atoms with van der Waals surface area (Å²) in [5.74, 6) is -0.0468. The van der Waals surface area contributed by atoms with Crippen LogP contribution in [-0.2, 0) is 11.2 Å². The minimum Gasteiger partial charge on any atom is -0.302 e. The molecule has 1 N–H and O–H groups in total. The van der Waals surface area contributed by atoms with Crippen LogP contribution in [0.25, 0.3) is 5.65 Å². The number of nitrogens with one attached hydrogen (secondary N) is 1. The number of rotatable bonds is 4. The standard InChI is InChI=1S/C14H16N6OS/c1-8-6-22-14(16-8)17-12(21)5-4-11-9(2)13-18-15-7-20(13)19-10(11)3/h6-7H,4-5H2,1-3H3,(H,16,17,21). The Kier molecular flexibility index (Phi) is 3.84. The van der Waals surface area contributed by atoms with E-state index >= 15 is 0 Å². The molecule has 0 atom stereocenters. The van der Waals surface area contributed by atoms with Crippen LogP contribution in [0.2, 0.25) is 0 Å². The fourth-order valence-electron chi connectivity index (χ4n) is 2.38. The van der Waals surface area contributed by atoms with E-state index in [-0.39, 0.29) is 5.91 Å². The van der Waals surface area contributed by atoms with Crippen LogP contribution in [0.5, 0.6) is 0 Å². The lowest BCUT2D eigenvalue weighted by atomic mass is 10.0. The third-order valence-corrected chi connectivity index (χ3v) is 4.36. The lowest BCUT2D eigenvalue weighted by Gasteiger charge is -2.09. The number of hydrogen-bond donors (Lipinski definition) is 1. The number of thiazole rings is 1. The second kappa shape index (κ2) is 5.80. The average molecular weight is 316 g/mol. The van der Waals surface area contributed by atoms with E-state index in [1.54, 1.807) is 10.8 Å². The molecule has 7 nitrogen and oxygen atoms in total. The van der Waals surface area contributed by atoms with E-state index in [0.717, 1.165) is 28.2 Å². The van der Waals surface area contributed by atoms with Gasteiger partial charge in [0.05, 0.1) is 11.4 Å². The summed E-state index contributed by atoms with van der Waals surface area (Å²) in [7, 11) is 0. The Bertz CT molecular complexity index is 837. The first-order chi connectivity index (χ1) is 10.5. The van der Waals surface area contributed by atoms with Crippen molar-refractivity contribution in [2.24, 2.45) is 0 Å². The Morgan fingerprint density at radius 3 is 2.91 bits per heavy atom. The van der Waals surface area contributed by atoms with Gasteiger partial charge in [0.2, 0.25) is 5.91 Å². The molecule has 0 bridgehead atoms. The minimum absolute atomic E-state index is 0.0468. The van der Waals surface area contributed by atoms with Crippen LogP contribution in [0.15, 0.2) is 11.7 Å². The molecule has 1 amide bonds. The first kappa shape index (κ1) is 14.6. The first-order valence-corrected chi connectivity index (χ1v) is 7.80. The Balaban J connectivity index is 1.72. The lowest BCUT2D eigenvalue weighted by Crippen LogP contribution is -2.13. The molecule has 3 heterocycles. The third-order valence-electron chi connectivity index (χ3n) is 3.48. The van der Waals surface area contributed by atoms with Gasteiger partial charge in [-0.1, -0.05) is 0 Å². The maximum Gasteiger partial charge on any atom is 0.226 e. The van der Waals surface area contributed by atoms with Crippen molar-refractivity contribution in [3.05, 3.63) is 34.2 Å². The predicted molar refractivity (Wildman–Crippen MR) is 84.1 cm³/mol. The molecule has 3 rings (SSSR count). The number of carbonyl (C=O) groups is 1. The van der Waals surface area contributed by atoms with Crippen molar-refractivity contribution in [2.45, 2.75) is 33.6 Å². The second-order valence-corrected chi connectivity index (χ2v) is 5.99. The molecule has 3 aromatic rings. The molecule has 0 radical (unpaired) electrons. The van der Waals surface area contributed by atoms with E-state index < -0.39 is 0 Å². The molecule has 0 aliphatic carbocycles. The molecular formula is C14H16N6OS. The Labute approximate surface area is 131 Å². The quantitative estimate of drug-likeness (QED) is 0.796. The van der Waals surface area contributed by atoms with Crippen molar-refractivity contribution in [3.8, 4) is 0 Å². The largest absolute Gasteiger partial charge is 0.302 e. The summed E-state index contributed by atoms with van der Waals surface area (Å²) in [5, 5.41) is 17.7. The fraction of sp³-hybridized carbons (Fsp3) is 0.357. The number of nitrogens with zero attached hydrogens (tertiary/aromatic N) is 5. The van der Waals surface area contributed by atoms with Gasteiger partial charge in [-0.3, -0.25) is 4.79 Å². The van der Waals surface area contributed by atoms with Crippen LogP contribution in [0.1, 0.15) is 28.9 Å². The van der Waals surface area contributed by atoms with Gasteiger partial charge in [-0.25, -0.2) is 9.50 Å². The maximum absolute atomic E-state index is 12.0. The Morgan fingerprint density at radius 2 is 2.18 bits per heavy atom. The summed E-state index contributed by atoms with van der Waals surface area (Å²) in [6, 6.07) is 0. The van der Waals surface area contributed by atoms with E-state index in [1.165, 1.54) is 11.3 Å². The van der Waals surface area contributed by atoms with E-state index in [2.05, 4.69) is 25.6 Å². The molecule has 0 spiro atoms. The van der Waals surface area contributed by atoms with Crippen LogP contribution in [0.3, 0.4) is 0 Å². The molecule has 3 aromatic heterocycles. The van der Waals surface area contributed by atoms with Crippen molar-refractivity contribution >= 4 is 28.0 Å². The molecule has 0 saturated carbocycles. The summed E-state index contributed by atoms with van der Waals surface area (Å²) < 4.78 is 1.66. The van der Waals surface area contributed by atoms with Gasteiger partial charge in [0, 0.05) is 17.4 Å². The highest BCUT2D eigenvalue weighted by molar-refractivity contribution is 7.13. The smallest absolute Gasteiger partial charge is 0.226 e. The summed E-state index contributed by atoms with van der Waals surface area (Å²) in [5.41, 5.74) is 4.60. The van der Waals surface area contributed by atoms with Gasteiger partial charge in [-0.15, -0.1) is 21.5 Å². The van der Waals surface area contributed by atoms with Crippen molar-refractivity contribution in [3.63, 3.8) is 0 Å². The highest BCUT2D eigenvalue weighted by atomic mass is 32.1. The monoisotopic (exact) mass is 316 g/mol. The van der Waals surface area contributed by atoms with Gasteiger partial charge in [0.1, 0.15) is 6.33 Å². The van der Waals surface area contributed by atoms with Crippen molar-refractivity contribution in [1.82, 2.24) is 24.8 Å². The number of aromatic nitrogens is 5. The van der Waals surface area contributed by atoms with Crippen molar-refractivity contribution in [1.29, 1.82) is 0 Å². The van der Waals surface area contributed by atoms with Crippen LogP contribution < -0.4 is 5.32 Å². The molecule has 0 fully saturated rings. The van der Waals surface area contributed by atoms with E-state index in [9.17, 15) is 4.79 Å². The number of aryl methyl sites for hydroxylation is 3. The molecule has 0 aliphatic rings. The minimum atomic E-state index is -0.0468. The molecule has 8 heteroatoms. The molecular weight excluding hydrogens is 300 g/mol. The van der Waals surface area contributed by atoms with Gasteiger partial charge in [0.15, 0.2) is 10.8 Å². The molecule has 0 saturated heterocycles. The van der Waals surface area contributed by atoms with Crippen LogP contribution in [0, 0.1) is 20.8 Å². The highest BCUT2D eigenvalue weighted by Gasteiger charge is 2.13. The molecule has 0 aromatic carbocycles. The van der Waals surface area contributed by atoms with Gasteiger partial charge < -0.3 is 5.32 Å². The van der Waals surface area contributed by atoms with Crippen LogP contribution >= 0.6 is 11.3 Å². The number of carbonyl (C=O) groups excluding carboxylic acids is 1. The summed E-state index contributed by atoms with van der Waals surface area (Å²) in [6.07, 6.45) is 2.58. The summed E-state index contributed by atoms with van der Waals surface area (Å²) in [4.78, 5) is 16.3. The third kappa shape index (κ3) is 2.82. The van der Waals surface area contributed by atoms with Crippen molar-refractivity contribution < 1.29 is 4.79 Å². The molecule has 0 unspecified atom stereocenters. The zero-order valence-corrected chi connectivity index (χ0v) is 13.4. The lowest BCUT2D eigenvalue weighted by molar-refractivity contribution is -0.116. The number of hydrogen-bond acceptors (Lipinski definition) is 6. The fourth-order valence-corrected chi connectivity index (χ4v) is 3.08. The van der Waals surface area contributed by atoms with Gasteiger partial charge in [-0.2, -0.15) is 5.10 Å². The van der Waals surface area contributed by atoms with E-state index in [4.69, 9.17) is 0 Å². The number of fused-ring (bicyclic) bond motifs is 1. The topological polar surface area (TPSA) is 85.1 Å². The highest BCUT2D eigenvalue weighted by Crippen LogP contribution is 2.18. The van der Waals surface area contributed by atoms with Crippen molar-refractivity contribution in [2.75, 3.05) is 5.32 Å². The molecule has 0 aliphatic heterocycles. The normalized spacial score (nSPS) is 11.0. The average Bonchev–Trinajstić information content (AvgIpc) is 3.07. The SMILES string of the molecule is Cc1csc(NC(=O)CCc2c(C)nn3cnnc3c2C)n1. The summed E-state index contributed by atoms with van der Waals surface area (Å²) in [6.45, 7) is 5.82. The number of amides is 1. The molecule has 114 valence electrons. The Hall–Kier alpha value is -2.35. The maximum atomic E-state index is 12.0. The summed E-state index contributed by atoms with van der Waals surface area (Å²) >= 11 is 1.43. The van der Waals surface area contributed by atoms with Gasteiger partial charge in [0.25, 0.3) is 0 Å². The van der Waals surface area contributed by atoms with Gasteiger partial charge in [-0.05, 0) is 32.8 Å². The van der Waals surface area contributed by atoms with E-state index in [0.29, 0.717) is 18.0 Å². The zero-order valence-electron chi connectivity index (χ0n) is 12.6. The van der Waals surface area contributed by atoms with Crippen LogP contribution in [-0.4, -0.2) is 30.7 Å². The number of anilines is 1. The van der Waals surface area contributed by atoms with E-state index in [1.807, 2.05) is 26.2 Å². The Morgan fingerprint density at radius 1 is 1.36 bits per heavy atom. The predicted octanol–water partition coefficient (Wildman–Crippen LogP) is 2.08. The first-order valence-electron chi connectivity index (χ1n) is 6.92. The second-order valence-electron chi connectivity index (χ2n) is 5.13. The zero-order chi connectivity index (χ0) is 15.7. The molecule has 22 heavy (non-hydrogen) atoms.